The molecule has 4 rings (SSSR count). The second kappa shape index (κ2) is 4.77. The molecular formula is C16H13FN4O2. The van der Waals surface area contributed by atoms with Gasteiger partial charge in [0.15, 0.2) is 11.6 Å². The first-order valence-corrected chi connectivity index (χ1v) is 7.12. The van der Waals surface area contributed by atoms with Gasteiger partial charge >= 0.3 is 0 Å². The number of benzene rings is 1. The van der Waals surface area contributed by atoms with Gasteiger partial charge in [0.1, 0.15) is 17.6 Å². The predicted molar refractivity (Wildman–Crippen MR) is 80.6 cm³/mol. The first-order chi connectivity index (χ1) is 11.0. The summed E-state index contributed by atoms with van der Waals surface area (Å²) in [6.45, 7) is 3.61. The normalized spacial score (nSPS) is 16.0. The third-order valence-corrected chi connectivity index (χ3v) is 3.85. The number of halogens is 1. The van der Waals surface area contributed by atoms with Crippen LogP contribution in [0.3, 0.4) is 0 Å². The van der Waals surface area contributed by atoms with Gasteiger partial charge in [-0.1, -0.05) is 0 Å². The molecule has 3 aromatic rings. The van der Waals surface area contributed by atoms with Crippen LogP contribution in [0.1, 0.15) is 12.5 Å². The molecule has 0 radical (unpaired) electrons. The fourth-order valence-corrected chi connectivity index (χ4v) is 2.70. The molecule has 1 aliphatic rings. The smallest absolute Gasteiger partial charge is 0.247 e. The zero-order valence-corrected chi connectivity index (χ0v) is 12.5. The second-order valence-electron chi connectivity index (χ2n) is 5.45. The largest absolute Gasteiger partial charge is 0.506 e. The molecule has 116 valence electrons. The van der Waals surface area contributed by atoms with Crippen molar-refractivity contribution in [2.45, 2.75) is 19.9 Å². The summed E-state index contributed by atoms with van der Waals surface area (Å²) >= 11 is 0. The van der Waals surface area contributed by atoms with Crippen LogP contribution >= 0.6 is 0 Å². The van der Waals surface area contributed by atoms with Gasteiger partial charge in [0.25, 0.3) is 0 Å². The van der Waals surface area contributed by atoms with Gasteiger partial charge in [-0.25, -0.2) is 8.91 Å². The monoisotopic (exact) mass is 312 g/mol. The summed E-state index contributed by atoms with van der Waals surface area (Å²) in [7, 11) is 0. The van der Waals surface area contributed by atoms with Crippen LogP contribution in [0.2, 0.25) is 0 Å². The highest BCUT2D eigenvalue weighted by Crippen LogP contribution is 2.31. The van der Waals surface area contributed by atoms with Gasteiger partial charge in [-0.15, -0.1) is 0 Å². The van der Waals surface area contributed by atoms with Crippen molar-refractivity contribution in [3.8, 4) is 17.4 Å². The number of hydrogen-bond acceptors (Lipinski definition) is 5. The average Bonchev–Trinajstić information content (AvgIpc) is 3.04. The van der Waals surface area contributed by atoms with Gasteiger partial charge in [-0.3, -0.25) is 4.99 Å². The molecule has 2 aromatic heterocycles. The minimum atomic E-state index is -0.471. The lowest BCUT2D eigenvalue weighted by molar-refractivity contribution is 0.425. The minimum Gasteiger partial charge on any atom is -0.506 e. The van der Waals surface area contributed by atoms with E-state index in [1.54, 1.807) is 19.1 Å². The van der Waals surface area contributed by atoms with Crippen LogP contribution in [0.25, 0.3) is 11.6 Å². The van der Waals surface area contributed by atoms with Crippen molar-refractivity contribution in [3.63, 3.8) is 0 Å². The van der Waals surface area contributed by atoms with Gasteiger partial charge in [0.2, 0.25) is 5.88 Å². The molecule has 0 fully saturated rings. The molecule has 1 aliphatic heterocycles. The van der Waals surface area contributed by atoms with E-state index < -0.39 is 5.82 Å². The molecule has 0 bridgehead atoms. The van der Waals surface area contributed by atoms with E-state index in [1.807, 2.05) is 6.92 Å². The Morgan fingerprint density at radius 2 is 2.17 bits per heavy atom. The maximum atomic E-state index is 14.6. The molecule has 7 heteroatoms. The Morgan fingerprint density at radius 1 is 1.35 bits per heavy atom. The first kappa shape index (κ1) is 13.7. The van der Waals surface area contributed by atoms with E-state index in [0.29, 0.717) is 21.7 Å². The molecular weight excluding hydrogens is 299 g/mol. The Hall–Kier alpha value is -2.96. The van der Waals surface area contributed by atoms with Gasteiger partial charge < -0.3 is 9.84 Å². The third-order valence-electron chi connectivity index (χ3n) is 3.85. The second-order valence-corrected chi connectivity index (χ2v) is 5.45. The average molecular weight is 312 g/mol. The SMILES string of the molecule is Cc1c(O)cn2ncnc(Oc3ccc4c(c3F)=CC(C)N=4)c12. The summed E-state index contributed by atoms with van der Waals surface area (Å²) in [5.74, 6) is -0.156. The molecule has 0 saturated carbocycles. The highest BCUT2D eigenvalue weighted by Gasteiger charge is 2.17. The number of aryl methyl sites for hydroxylation is 1. The number of aromatic hydroxyl groups is 1. The van der Waals surface area contributed by atoms with E-state index in [2.05, 4.69) is 15.1 Å². The molecule has 0 spiro atoms. The van der Waals surface area contributed by atoms with E-state index in [1.165, 1.54) is 23.1 Å². The van der Waals surface area contributed by atoms with E-state index in [9.17, 15) is 9.50 Å². The molecule has 1 unspecified atom stereocenters. The van der Waals surface area contributed by atoms with E-state index in [-0.39, 0.29) is 23.4 Å². The molecule has 0 amide bonds. The van der Waals surface area contributed by atoms with E-state index >= 15 is 0 Å². The van der Waals surface area contributed by atoms with E-state index in [4.69, 9.17) is 4.74 Å². The lowest BCUT2D eigenvalue weighted by Gasteiger charge is -2.07. The van der Waals surface area contributed by atoms with Gasteiger partial charge in [-0.2, -0.15) is 10.1 Å². The fraction of sp³-hybridized carbons (Fsp3) is 0.188. The third kappa shape index (κ3) is 2.04. The van der Waals surface area contributed by atoms with Crippen LogP contribution in [0.4, 0.5) is 4.39 Å². The van der Waals surface area contributed by atoms with Crippen LogP contribution in [0, 0.1) is 12.7 Å². The van der Waals surface area contributed by atoms with Crippen molar-refractivity contribution in [2.75, 3.05) is 0 Å². The molecule has 0 aliphatic carbocycles. The number of aromatic nitrogens is 3. The summed E-state index contributed by atoms with van der Waals surface area (Å²) < 4.78 is 21.7. The Kier molecular flexibility index (Phi) is 2.84. The standard InChI is InChI=1S/C16H13FN4O2/c1-8-5-10-11(20-8)3-4-13(14(10)17)23-16-15-9(2)12(22)6-21(15)19-7-18-16/h3-8,22H,1-2H3. The van der Waals surface area contributed by atoms with Crippen molar-refractivity contribution >= 4 is 11.6 Å². The number of ether oxygens (including phenoxy) is 1. The number of rotatable bonds is 2. The van der Waals surface area contributed by atoms with Crippen molar-refractivity contribution in [1.82, 2.24) is 14.6 Å². The highest BCUT2D eigenvalue weighted by atomic mass is 19.1. The Balaban J connectivity index is 1.86. The zero-order valence-electron chi connectivity index (χ0n) is 12.5. The lowest BCUT2D eigenvalue weighted by atomic mass is 10.2. The number of hydrogen-bond donors (Lipinski definition) is 1. The van der Waals surface area contributed by atoms with Gasteiger partial charge in [0, 0.05) is 10.8 Å². The summed E-state index contributed by atoms with van der Waals surface area (Å²) in [6, 6.07) is 3.19. The molecule has 0 saturated heterocycles. The van der Waals surface area contributed by atoms with Crippen molar-refractivity contribution in [3.05, 3.63) is 46.6 Å². The van der Waals surface area contributed by atoms with Crippen LogP contribution in [-0.4, -0.2) is 25.7 Å². The molecule has 1 aromatic carbocycles. The minimum absolute atomic E-state index is 0.0506. The highest BCUT2D eigenvalue weighted by molar-refractivity contribution is 5.67. The summed E-state index contributed by atoms with van der Waals surface area (Å²) in [4.78, 5) is 8.37. The Morgan fingerprint density at radius 3 is 3.00 bits per heavy atom. The number of fused-ring (bicyclic) bond motifs is 2. The first-order valence-electron chi connectivity index (χ1n) is 7.12. The van der Waals surface area contributed by atoms with Crippen LogP contribution < -0.4 is 15.3 Å². The van der Waals surface area contributed by atoms with E-state index in [0.717, 1.165) is 0 Å². The van der Waals surface area contributed by atoms with Gasteiger partial charge in [0.05, 0.1) is 17.6 Å². The summed E-state index contributed by atoms with van der Waals surface area (Å²) in [6.07, 6.45) is 4.49. The zero-order chi connectivity index (χ0) is 16.1. The summed E-state index contributed by atoms with van der Waals surface area (Å²) in [5.41, 5.74) is 1.06. The summed E-state index contributed by atoms with van der Waals surface area (Å²) in [5, 5.41) is 14.9. The molecule has 1 N–H and O–H groups in total. The van der Waals surface area contributed by atoms with Crippen molar-refractivity contribution < 1.29 is 14.2 Å². The molecule has 23 heavy (non-hydrogen) atoms. The van der Waals surface area contributed by atoms with Crippen molar-refractivity contribution in [2.24, 2.45) is 4.99 Å². The van der Waals surface area contributed by atoms with Crippen LogP contribution in [-0.2, 0) is 0 Å². The van der Waals surface area contributed by atoms with Crippen molar-refractivity contribution in [1.29, 1.82) is 0 Å². The topological polar surface area (TPSA) is 72.0 Å². The molecule has 3 heterocycles. The predicted octanol–water partition coefficient (Wildman–Crippen LogP) is 1.48. The lowest BCUT2D eigenvalue weighted by Crippen LogP contribution is -2.25. The fourth-order valence-electron chi connectivity index (χ4n) is 2.70. The van der Waals surface area contributed by atoms with Gasteiger partial charge in [-0.05, 0) is 32.1 Å². The molecule has 6 nitrogen and oxygen atoms in total. The quantitative estimate of drug-likeness (QED) is 0.778. The Labute approximate surface area is 130 Å². The maximum Gasteiger partial charge on any atom is 0.247 e. The number of nitrogens with zero attached hydrogens (tertiary/aromatic N) is 4. The maximum absolute atomic E-state index is 14.6. The van der Waals surface area contributed by atoms with Crippen LogP contribution in [0.15, 0.2) is 29.6 Å². The Bertz CT molecular complexity index is 1060. The molecule has 1 atom stereocenters. The van der Waals surface area contributed by atoms with Crippen LogP contribution in [0.5, 0.6) is 17.4 Å².